The Hall–Kier alpha value is -3.47. The maximum Gasteiger partial charge on any atom is 0.264 e. The molecule has 1 unspecified atom stereocenters. The van der Waals surface area contributed by atoms with Gasteiger partial charge in [-0.1, -0.05) is 90.5 Å². The predicted molar refractivity (Wildman–Crippen MR) is 127 cm³/mol. The molecule has 1 amide bonds. The van der Waals surface area contributed by atoms with E-state index in [-0.39, 0.29) is 18.7 Å². The van der Waals surface area contributed by atoms with Crippen molar-refractivity contribution in [1.82, 2.24) is 0 Å². The number of hydrogen-bond donors (Lipinski definition) is 1. The number of para-hydroxylation sites is 1. The van der Waals surface area contributed by atoms with Crippen molar-refractivity contribution in [2.75, 3.05) is 4.90 Å². The van der Waals surface area contributed by atoms with Crippen LogP contribution in [0.3, 0.4) is 0 Å². The van der Waals surface area contributed by atoms with Gasteiger partial charge in [-0.15, -0.1) is 0 Å². The van der Waals surface area contributed by atoms with Gasteiger partial charge in [-0.3, -0.25) is 9.59 Å². The SMILES string of the molecule is O=C(C=CC=Cc1ccccc1)CC1(O)C(=O)N(Cc2ccc(Cl)cc2)c2ccccc21. The Balaban J connectivity index is 1.52. The van der Waals surface area contributed by atoms with Gasteiger partial charge < -0.3 is 10.0 Å². The fourth-order valence-corrected chi connectivity index (χ4v) is 3.94. The number of carbonyl (C=O) groups excluding carboxylic acids is 2. The summed E-state index contributed by atoms with van der Waals surface area (Å²) < 4.78 is 0. The zero-order chi connectivity index (χ0) is 22.6. The predicted octanol–water partition coefficient (Wildman–Crippen LogP) is 5.30. The Bertz CT molecular complexity index is 1190. The van der Waals surface area contributed by atoms with E-state index in [4.69, 9.17) is 11.6 Å². The summed E-state index contributed by atoms with van der Waals surface area (Å²) in [6.07, 6.45) is 6.32. The summed E-state index contributed by atoms with van der Waals surface area (Å²) >= 11 is 5.96. The molecule has 0 fully saturated rings. The topological polar surface area (TPSA) is 57.6 Å². The van der Waals surface area contributed by atoms with Gasteiger partial charge in [-0.2, -0.15) is 0 Å². The van der Waals surface area contributed by atoms with E-state index in [9.17, 15) is 14.7 Å². The second-order valence-corrected chi connectivity index (χ2v) is 8.10. The molecule has 1 N–H and O–H groups in total. The number of hydrogen-bond acceptors (Lipinski definition) is 3. The van der Waals surface area contributed by atoms with E-state index in [2.05, 4.69) is 0 Å². The normalized spacial score (nSPS) is 17.9. The van der Waals surface area contributed by atoms with Crippen LogP contribution < -0.4 is 4.90 Å². The summed E-state index contributed by atoms with van der Waals surface area (Å²) in [5.41, 5.74) is 1.05. The molecule has 32 heavy (non-hydrogen) atoms. The van der Waals surface area contributed by atoms with Gasteiger partial charge in [-0.25, -0.2) is 0 Å². The number of anilines is 1. The molecule has 160 valence electrons. The van der Waals surface area contributed by atoms with Gasteiger partial charge in [0, 0.05) is 10.6 Å². The molecule has 0 radical (unpaired) electrons. The quantitative estimate of drug-likeness (QED) is 0.398. The first-order valence-corrected chi connectivity index (χ1v) is 10.7. The average Bonchev–Trinajstić information content (AvgIpc) is 3.01. The molecule has 3 aromatic rings. The number of halogens is 1. The minimum Gasteiger partial charge on any atom is -0.375 e. The van der Waals surface area contributed by atoms with Crippen LogP contribution in [-0.4, -0.2) is 16.8 Å². The standard InChI is InChI=1S/C27H22ClNO3/c28-22-16-14-21(15-17-22)19-29-25-13-7-6-12-24(25)27(32,26(29)31)18-23(30)11-5-4-10-20-8-2-1-3-9-20/h1-17,32H,18-19H2. The van der Waals surface area contributed by atoms with E-state index in [1.54, 1.807) is 42.5 Å². The van der Waals surface area contributed by atoms with Crippen LogP contribution in [0, 0.1) is 0 Å². The van der Waals surface area contributed by atoms with Gasteiger partial charge in [0.2, 0.25) is 0 Å². The number of benzene rings is 3. The number of fused-ring (bicyclic) bond motifs is 1. The monoisotopic (exact) mass is 443 g/mol. The van der Waals surface area contributed by atoms with Crippen LogP contribution in [0.5, 0.6) is 0 Å². The number of rotatable bonds is 7. The summed E-state index contributed by atoms with van der Waals surface area (Å²) in [6, 6.07) is 23.9. The first-order chi connectivity index (χ1) is 15.5. The van der Waals surface area contributed by atoms with Crippen LogP contribution in [0.4, 0.5) is 5.69 Å². The van der Waals surface area contributed by atoms with E-state index in [0.717, 1.165) is 11.1 Å². The number of ketones is 1. The minimum atomic E-state index is -1.90. The zero-order valence-corrected chi connectivity index (χ0v) is 18.1. The largest absolute Gasteiger partial charge is 0.375 e. The molecule has 1 heterocycles. The van der Waals surface area contributed by atoms with Gasteiger partial charge in [0.05, 0.1) is 18.7 Å². The van der Waals surface area contributed by atoms with Gasteiger partial charge in [0.25, 0.3) is 5.91 Å². The van der Waals surface area contributed by atoms with Crippen molar-refractivity contribution in [2.45, 2.75) is 18.6 Å². The molecule has 0 saturated carbocycles. The fourth-order valence-electron chi connectivity index (χ4n) is 3.81. The lowest BCUT2D eigenvalue weighted by molar-refractivity contribution is -0.140. The van der Waals surface area contributed by atoms with Crippen LogP contribution >= 0.6 is 11.6 Å². The summed E-state index contributed by atoms with van der Waals surface area (Å²) in [4.78, 5) is 27.4. The van der Waals surface area contributed by atoms with Crippen molar-refractivity contribution in [1.29, 1.82) is 0 Å². The molecule has 5 heteroatoms. The molecular weight excluding hydrogens is 422 g/mol. The van der Waals surface area contributed by atoms with Gasteiger partial charge in [0.1, 0.15) is 0 Å². The third-order valence-electron chi connectivity index (χ3n) is 5.40. The third kappa shape index (κ3) is 4.57. The average molecular weight is 444 g/mol. The molecule has 0 aliphatic carbocycles. The second kappa shape index (κ2) is 9.35. The Morgan fingerprint density at radius 1 is 0.938 bits per heavy atom. The van der Waals surface area contributed by atoms with Gasteiger partial charge >= 0.3 is 0 Å². The maximum atomic E-state index is 13.3. The van der Waals surface area contributed by atoms with E-state index >= 15 is 0 Å². The minimum absolute atomic E-state index is 0.277. The molecule has 4 nitrogen and oxygen atoms in total. The number of nitrogens with zero attached hydrogens (tertiary/aromatic N) is 1. The first kappa shape index (κ1) is 21.8. The number of amides is 1. The van der Waals surface area contributed by atoms with Crippen LogP contribution in [0.2, 0.25) is 5.02 Å². The van der Waals surface area contributed by atoms with Crippen molar-refractivity contribution >= 4 is 35.1 Å². The van der Waals surface area contributed by atoms with Crippen LogP contribution in [0.25, 0.3) is 6.08 Å². The molecule has 1 aliphatic heterocycles. The molecule has 0 bridgehead atoms. The maximum absolute atomic E-state index is 13.3. The lowest BCUT2D eigenvalue weighted by Crippen LogP contribution is -2.41. The summed E-state index contributed by atoms with van der Waals surface area (Å²) in [7, 11) is 0. The highest BCUT2D eigenvalue weighted by molar-refractivity contribution is 6.30. The van der Waals surface area contributed by atoms with Crippen LogP contribution in [-0.2, 0) is 21.7 Å². The Morgan fingerprint density at radius 3 is 2.38 bits per heavy atom. The van der Waals surface area contributed by atoms with Crippen molar-refractivity contribution in [3.05, 3.63) is 119 Å². The molecule has 1 aliphatic rings. The first-order valence-electron chi connectivity index (χ1n) is 10.3. The zero-order valence-electron chi connectivity index (χ0n) is 17.3. The lowest BCUT2D eigenvalue weighted by atomic mass is 9.90. The summed E-state index contributed by atoms with van der Waals surface area (Å²) in [5.74, 6) is -0.836. The molecular formula is C27H22ClNO3. The Labute approximate surface area is 192 Å². The number of carbonyl (C=O) groups is 2. The highest BCUT2D eigenvalue weighted by Crippen LogP contribution is 2.43. The second-order valence-electron chi connectivity index (χ2n) is 7.67. The van der Waals surface area contributed by atoms with Crippen molar-refractivity contribution < 1.29 is 14.7 Å². The highest BCUT2D eigenvalue weighted by Gasteiger charge is 2.50. The molecule has 0 spiro atoms. The van der Waals surface area contributed by atoms with E-state index in [1.807, 2.05) is 54.6 Å². The van der Waals surface area contributed by atoms with Crippen LogP contribution in [0.1, 0.15) is 23.1 Å². The smallest absolute Gasteiger partial charge is 0.264 e. The van der Waals surface area contributed by atoms with E-state index < -0.39 is 11.5 Å². The summed E-state index contributed by atoms with van der Waals surface area (Å²) in [5, 5.41) is 11.9. The Morgan fingerprint density at radius 2 is 1.62 bits per heavy atom. The number of allylic oxidation sites excluding steroid dienone is 3. The third-order valence-corrected chi connectivity index (χ3v) is 5.66. The molecule has 4 rings (SSSR count). The highest BCUT2D eigenvalue weighted by atomic mass is 35.5. The molecule has 1 atom stereocenters. The van der Waals surface area contributed by atoms with Gasteiger partial charge in [0.15, 0.2) is 11.4 Å². The van der Waals surface area contributed by atoms with Crippen molar-refractivity contribution in [3.63, 3.8) is 0 Å². The number of aliphatic hydroxyl groups is 1. The fraction of sp³-hybridized carbons (Fsp3) is 0.111. The van der Waals surface area contributed by atoms with Crippen molar-refractivity contribution in [2.24, 2.45) is 0 Å². The summed E-state index contributed by atoms with van der Waals surface area (Å²) in [6.45, 7) is 0.277. The van der Waals surface area contributed by atoms with Crippen molar-refractivity contribution in [3.8, 4) is 0 Å². The molecule has 0 saturated heterocycles. The molecule has 0 aromatic heterocycles. The van der Waals surface area contributed by atoms with E-state index in [1.165, 1.54) is 11.0 Å². The van der Waals surface area contributed by atoms with Gasteiger partial charge in [-0.05, 0) is 35.4 Å². The molecule has 3 aromatic carbocycles. The Kier molecular flexibility index (Phi) is 6.35. The lowest BCUT2D eigenvalue weighted by Gasteiger charge is -2.22. The van der Waals surface area contributed by atoms with Crippen LogP contribution in [0.15, 0.2) is 97.1 Å². The van der Waals surface area contributed by atoms with E-state index in [0.29, 0.717) is 16.3 Å².